The van der Waals surface area contributed by atoms with Crippen molar-refractivity contribution in [3.05, 3.63) is 0 Å². The van der Waals surface area contributed by atoms with E-state index in [1.54, 1.807) is 0 Å². The average Bonchev–Trinajstić information content (AvgIpc) is 1.61. The Hall–Kier alpha value is -0.240. The number of rotatable bonds is 3. The summed E-state index contributed by atoms with van der Waals surface area (Å²) in [7, 11) is 0. The SMILES string of the molecule is CCCCC(=O)O.Cl. The molecule has 0 atom stereocenters. The highest BCUT2D eigenvalue weighted by Gasteiger charge is 1.90. The maximum Gasteiger partial charge on any atom is 0.303 e. The fraction of sp³-hybridized carbons (Fsp3) is 0.800. The van der Waals surface area contributed by atoms with Crippen molar-refractivity contribution in [2.24, 2.45) is 0 Å². The van der Waals surface area contributed by atoms with E-state index in [2.05, 4.69) is 0 Å². The van der Waals surface area contributed by atoms with Gasteiger partial charge in [-0.3, -0.25) is 4.79 Å². The molecule has 0 aliphatic carbocycles. The van der Waals surface area contributed by atoms with Crippen molar-refractivity contribution in [2.75, 3.05) is 0 Å². The summed E-state index contributed by atoms with van der Waals surface area (Å²) in [5.74, 6) is -0.693. The van der Waals surface area contributed by atoms with Crippen LogP contribution in [0.4, 0.5) is 0 Å². The molecular formula is C5H11ClO2. The fourth-order valence-corrected chi connectivity index (χ4v) is 0.328. The summed E-state index contributed by atoms with van der Waals surface area (Å²) in [5, 5.41) is 8.04. The molecule has 0 aromatic heterocycles. The van der Waals surface area contributed by atoms with E-state index in [0.29, 0.717) is 6.42 Å². The minimum absolute atomic E-state index is 0. The van der Waals surface area contributed by atoms with Gasteiger partial charge >= 0.3 is 5.97 Å². The summed E-state index contributed by atoms with van der Waals surface area (Å²) >= 11 is 0. The van der Waals surface area contributed by atoms with Crippen LogP contribution in [0.3, 0.4) is 0 Å². The topological polar surface area (TPSA) is 37.3 Å². The van der Waals surface area contributed by atoms with Gasteiger partial charge < -0.3 is 5.11 Å². The van der Waals surface area contributed by atoms with Crippen LogP contribution in [0.15, 0.2) is 0 Å². The summed E-state index contributed by atoms with van der Waals surface area (Å²) in [6, 6.07) is 0. The molecule has 3 heteroatoms. The summed E-state index contributed by atoms with van der Waals surface area (Å²) in [4.78, 5) is 9.76. The van der Waals surface area contributed by atoms with Gasteiger partial charge in [-0.05, 0) is 6.42 Å². The van der Waals surface area contributed by atoms with Gasteiger partial charge in [0.1, 0.15) is 0 Å². The maximum absolute atomic E-state index is 9.76. The maximum atomic E-state index is 9.76. The minimum Gasteiger partial charge on any atom is -0.481 e. The monoisotopic (exact) mass is 138 g/mol. The Kier molecular flexibility index (Phi) is 9.03. The molecule has 0 amide bonds. The highest BCUT2D eigenvalue weighted by Crippen LogP contribution is 1.91. The van der Waals surface area contributed by atoms with Crippen LogP contribution < -0.4 is 0 Å². The highest BCUT2D eigenvalue weighted by atomic mass is 35.5. The smallest absolute Gasteiger partial charge is 0.303 e. The number of halogens is 1. The van der Waals surface area contributed by atoms with Gasteiger partial charge in [0.15, 0.2) is 0 Å². The van der Waals surface area contributed by atoms with Gasteiger partial charge in [-0.15, -0.1) is 12.4 Å². The Bertz CT molecular complexity index is 63.4. The Morgan fingerprint density at radius 2 is 2.12 bits per heavy atom. The molecule has 50 valence electrons. The zero-order valence-corrected chi connectivity index (χ0v) is 5.70. The first-order valence-electron chi connectivity index (χ1n) is 2.49. The van der Waals surface area contributed by atoms with Crippen LogP contribution in [-0.2, 0) is 4.79 Å². The van der Waals surface area contributed by atoms with Crippen LogP contribution in [0.5, 0.6) is 0 Å². The molecule has 0 rings (SSSR count). The van der Waals surface area contributed by atoms with Gasteiger partial charge in [-0.1, -0.05) is 13.3 Å². The van der Waals surface area contributed by atoms with Crippen molar-refractivity contribution in [1.82, 2.24) is 0 Å². The largest absolute Gasteiger partial charge is 0.481 e. The minimum atomic E-state index is -0.693. The number of carbonyl (C=O) groups is 1. The van der Waals surface area contributed by atoms with Crippen LogP contribution in [-0.4, -0.2) is 11.1 Å². The van der Waals surface area contributed by atoms with Crippen molar-refractivity contribution in [1.29, 1.82) is 0 Å². The summed E-state index contributed by atoms with van der Waals surface area (Å²) in [6.45, 7) is 1.98. The Morgan fingerprint density at radius 1 is 1.62 bits per heavy atom. The lowest BCUT2D eigenvalue weighted by Crippen LogP contribution is -1.91. The van der Waals surface area contributed by atoms with Crippen LogP contribution in [0.25, 0.3) is 0 Å². The van der Waals surface area contributed by atoms with Crippen molar-refractivity contribution in [2.45, 2.75) is 26.2 Å². The number of aliphatic carboxylic acids is 1. The van der Waals surface area contributed by atoms with Gasteiger partial charge in [0.05, 0.1) is 0 Å². The van der Waals surface area contributed by atoms with E-state index in [1.165, 1.54) is 0 Å². The predicted molar refractivity (Wildman–Crippen MR) is 34.4 cm³/mol. The third-order valence-electron chi connectivity index (χ3n) is 0.744. The van der Waals surface area contributed by atoms with E-state index < -0.39 is 5.97 Å². The molecule has 0 fully saturated rings. The Labute approximate surface area is 55.3 Å². The Balaban J connectivity index is 0. The van der Waals surface area contributed by atoms with Gasteiger partial charge in [0.2, 0.25) is 0 Å². The van der Waals surface area contributed by atoms with Crippen molar-refractivity contribution in [3.8, 4) is 0 Å². The zero-order valence-electron chi connectivity index (χ0n) is 4.89. The van der Waals surface area contributed by atoms with Gasteiger partial charge in [0, 0.05) is 6.42 Å². The molecule has 0 radical (unpaired) electrons. The first-order valence-corrected chi connectivity index (χ1v) is 2.49. The van der Waals surface area contributed by atoms with Crippen molar-refractivity contribution >= 4 is 18.4 Å². The standard InChI is InChI=1S/C5H10O2.ClH/c1-2-3-4-5(6)7;/h2-4H2,1H3,(H,6,7);1H. The van der Waals surface area contributed by atoms with Gasteiger partial charge in [-0.25, -0.2) is 0 Å². The molecule has 0 aromatic carbocycles. The first-order chi connectivity index (χ1) is 3.27. The molecule has 0 aliphatic rings. The van der Waals surface area contributed by atoms with E-state index in [1.807, 2.05) is 6.92 Å². The molecule has 0 heterocycles. The number of carboxylic acids is 1. The van der Waals surface area contributed by atoms with E-state index in [-0.39, 0.29) is 12.4 Å². The van der Waals surface area contributed by atoms with Crippen LogP contribution in [0, 0.1) is 0 Å². The van der Waals surface area contributed by atoms with E-state index in [4.69, 9.17) is 5.11 Å². The lowest BCUT2D eigenvalue weighted by atomic mass is 10.3. The molecule has 2 nitrogen and oxygen atoms in total. The van der Waals surface area contributed by atoms with Crippen LogP contribution in [0.2, 0.25) is 0 Å². The average molecular weight is 139 g/mol. The third kappa shape index (κ3) is 9.23. The first kappa shape index (κ1) is 10.7. The second-order valence-corrected chi connectivity index (χ2v) is 1.50. The van der Waals surface area contributed by atoms with Crippen molar-refractivity contribution < 1.29 is 9.90 Å². The fourth-order valence-electron chi connectivity index (χ4n) is 0.328. The number of hydrogen-bond acceptors (Lipinski definition) is 1. The quantitative estimate of drug-likeness (QED) is 0.645. The molecule has 0 aliphatic heterocycles. The summed E-state index contributed by atoms with van der Waals surface area (Å²) in [5.41, 5.74) is 0. The van der Waals surface area contributed by atoms with Gasteiger partial charge in [-0.2, -0.15) is 0 Å². The lowest BCUT2D eigenvalue weighted by Gasteiger charge is -1.85. The molecular weight excluding hydrogens is 128 g/mol. The second kappa shape index (κ2) is 6.76. The molecule has 0 spiro atoms. The number of carboxylic acid groups (broad SMARTS) is 1. The summed E-state index contributed by atoms with van der Waals surface area (Å²) < 4.78 is 0. The number of unbranched alkanes of at least 4 members (excludes halogenated alkanes) is 1. The van der Waals surface area contributed by atoms with Crippen LogP contribution >= 0.6 is 12.4 Å². The molecule has 0 aromatic rings. The molecule has 0 unspecified atom stereocenters. The lowest BCUT2D eigenvalue weighted by molar-refractivity contribution is -0.137. The molecule has 0 bridgehead atoms. The van der Waals surface area contributed by atoms with E-state index in [9.17, 15) is 4.79 Å². The molecule has 8 heavy (non-hydrogen) atoms. The summed E-state index contributed by atoms with van der Waals surface area (Å²) in [6.07, 6.45) is 2.08. The van der Waals surface area contributed by atoms with E-state index >= 15 is 0 Å². The highest BCUT2D eigenvalue weighted by molar-refractivity contribution is 5.85. The third-order valence-corrected chi connectivity index (χ3v) is 0.744. The van der Waals surface area contributed by atoms with Crippen molar-refractivity contribution in [3.63, 3.8) is 0 Å². The van der Waals surface area contributed by atoms with Crippen LogP contribution in [0.1, 0.15) is 26.2 Å². The van der Waals surface area contributed by atoms with Gasteiger partial charge in [0.25, 0.3) is 0 Å². The zero-order chi connectivity index (χ0) is 5.70. The predicted octanol–water partition coefficient (Wildman–Crippen LogP) is 1.68. The molecule has 1 N–H and O–H groups in total. The Morgan fingerprint density at radius 3 is 2.25 bits per heavy atom. The number of hydrogen-bond donors (Lipinski definition) is 1. The molecule has 0 saturated heterocycles. The van der Waals surface area contributed by atoms with E-state index in [0.717, 1.165) is 12.8 Å². The normalized spacial score (nSPS) is 7.62. The molecule has 0 saturated carbocycles. The second-order valence-electron chi connectivity index (χ2n) is 1.50.